The molecule has 0 spiro atoms. The second-order valence-corrected chi connectivity index (χ2v) is 14.6. The molecule has 1 saturated carbocycles. The van der Waals surface area contributed by atoms with Crippen molar-refractivity contribution in [3.8, 4) is 17.2 Å². The van der Waals surface area contributed by atoms with Crippen LogP contribution in [-0.2, 0) is 19.7 Å². The molecule has 1 fully saturated rings. The first kappa shape index (κ1) is 36.3. The maximum absolute atomic E-state index is 12.2. The molecule has 0 saturated heterocycles. The lowest BCUT2D eigenvalue weighted by Crippen LogP contribution is -2.28. The predicted octanol–water partition coefficient (Wildman–Crippen LogP) is 10.2. The maximum atomic E-state index is 12.2. The topological polar surface area (TPSA) is 74.2 Å². The van der Waals surface area contributed by atoms with E-state index in [2.05, 4.69) is 57.2 Å². The average Bonchev–Trinajstić information content (AvgIpc) is 3.03. The summed E-state index contributed by atoms with van der Waals surface area (Å²) in [6, 6.07) is 24.3. The van der Waals surface area contributed by atoms with Crippen LogP contribution in [0, 0.1) is 0 Å². The molecule has 3 aromatic carbocycles. The molecule has 0 aliphatic heterocycles. The third-order valence-corrected chi connectivity index (χ3v) is 9.33. The summed E-state index contributed by atoms with van der Waals surface area (Å²) in [4.78, 5) is 12.2. The van der Waals surface area contributed by atoms with Gasteiger partial charge in [-0.2, -0.15) is 0 Å². The van der Waals surface area contributed by atoms with E-state index in [9.17, 15) is 9.90 Å². The van der Waals surface area contributed by atoms with E-state index >= 15 is 0 Å². The van der Waals surface area contributed by atoms with Gasteiger partial charge in [-0.05, 0) is 130 Å². The number of carbonyl (C=O) groups is 1. The van der Waals surface area contributed by atoms with Crippen LogP contribution in [0.25, 0.3) is 0 Å². The van der Waals surface area contributed by atoms with Gasteiger partial charge in [-0.3, -0.25) is 0 Å². The fraction of sp³-hybridized carbons (Fsp3) is 0.537. The van der Waals surface area contributed by atoms with E-state index in [0.29, 0.717) is 17.8 Å². The van der Waals surface area contributed by atoms with Crippen molar-refractivity contribution in [2.24, 2.45) is 0 Å². The molecule has 0 aromatic heterocycles. The Morgan fingerprint density at radius 1 is 0.809 bits per heavy atom. The summed E-state index contributed by atoms with van der Waals surface area (Å²) in [7, 11) is 0. The zero-order chi connectivity index (χ0) is 34.0. The van der Waals surface area contributed by atoms with Gasteiger partial charge in [0.25, 0.3) is 0 Å². The van der Waals surface area contributed by atoms with Crippen LogP contribution in [0.1, 0.15) is 128 Å². The Bertz CT molecular complexity index is 1370. The van der Waals surface area contributed by atoms with E-state index in [1.54, 1.807) is 12.1 Å². The minimum absolute atomic E-state index is 0.130. The number of aromatic hydroxyl groups is 1. The lowest BCUT2D eigenvalue weighted by molar-refractivity contribution is -0.157. The van der Waals surface area contributed by atoms with Crippen LogP contribution in [-0.4, -0.2) is 35.7 Å². The van der Waals surface area contributed by atoms with Crippen molar-refractivity contribution in [3.05, 3.63) is 89.5 Å². The molecule has 4 rings (SSSR count). The van der Waals surface area contributed by atoms with Crippen LogP contribution in [0.15, 0.2) is 72.8 Å². The van der Waals surface area contributed by atoms with Gasteiger partial charge in [0.2, 0.25) is 0 Å². The highest BCUT2D eigenvalue weighted by molar-refractivity contribution is 5.71. The summed E-state index contributed by atoms with van der Waals surface area (Å²) in [5.74, 6) is 1.96. The van der Waals surface area contributed by atoms with Gasteiger partial charge >= 0.3 is 5.97 Å². The smallest absolute Gasteiger partial charge is 0.344 e. The minimum Gasteiger partial charge on any atom is -0.508 e. The molecule has 47 heavy (non-hydrogen) atoms. The van der Waals surface area contributed by atoms with Crippen LogP contribution < -0.4 is 9.47 Å². The van der Waals surface area contributed by atoms with Gasteiger partial charge in [-0.15, -0.1) is 0 Å². The molecule has 0 heterocycles. The maximum Gasteiger partial charge on any atom is 0.344 e. The number of benzene rings is 3. The van der Waals surface area contributed by atoms with Crippen molar-refractivity contribution < 1.29 is 28.8 Å². The molecule has 0 bridgehead atoms. The van der Waals surface area contributed by atoms with Crippen LogP contribution in [0.3, 0.4) is 0 Å². The summed E-state index contributed by atoms with van der Waals surface area (Å²) in [5.41, 5.74) is 3.00. The van der Waals surface area contributed by atoms with Gasteiger partial charge in [0.15, 0.2) is 12.9 Å². The number of hydrogen-bond donors (Lipinski definition) is 1. The number of carbonyl (C=O) groups excluding carboxylic acids is 1. The zero-order valence-electron chi connectivity index (χ0n) is 29.6. The van der Waals surface area contributed by atoms with E-state index in [1.807, 2.05) is 52.0 Å². The van der Waals surface area contributed by atoms with Gasteiger partial charge < -0.3 is 24.1 Å². The molecule has 4 atom stereocenters. The molecule has 3 aromatic rings. The normalized spacial score (nSPS) is 17.3. The second kappa shape index (κ2) is 16.5. The first-order valence-electron chi connectivity index (χ1n) is 17.5. The molecule has 6 heteroatoms. The summed E-state index contributed by atoms with van der Waals surface area (Å²) in [6.45, 7) is 14.3. The Balaban J connectivity index is 1.48. The van der Waals surface area contributed by atoms with Crippen LogP contribution in [0.2, 0.25) is 0 Å². The van der Waals surface area contributed by atoms with Crippen LogP contribution >= 0.6 is 0 Å². The quantitative estimate of drug-likeness (QED) is 0.131. The number of esters is 1. The van der Waals surface area contributed by atoms with E-state index in [4.69, 9.17) is 18.9 Å². The molecule has 6 nitrogen and oxygen atoms in total. The largest absolute Gasteiger partial charge is 0.508 e. The summed E-state index contributed by atoms with van der Waals surface area (Å²) >= 11 is 0. The highest BCUT2D eigenvalue weighted by atomic mass is 16.7. The average molecular weight is 645 g/mol. The Morgan fingerprint density at radius 2 is 1.40 bits per heavy atom. The number of phenols is 1. The monoisotopic (exact) mass is 644 g/mol. The van der Waals surface area contributed by atoms with Gasteiger partial charge in [0.05, 0.1) is 6.10 Å². The molecule has 0 amide bonds. The van der Waals surface area contributed by atoms with Crippen molar-refractivity contribution in [2.45, 2.75) is 135 Å². The number of phenolic OH excluding ortho intramolecular Hbond substituents is 1. The Kier molecular flexibility index (Phi) is 12.8. The molecule has 256 valence electrons. The molecule has 1 aliphatic carbocycles. The van der Waals surface area contributed by atoms with Gasteiger partial charge in [0.1, 0.15) is 22.8 Å². The Hall–Kier alpha value is -3.51. The third kappa shape index (κ3) is 11.3. The van der Waals surface area contributed by atoms with Gasteiger partial charge in [-0.25, -0.2) is 4.79 Å². The molecule has 0 radical (unpaired) electrons. The second-order valence-electron chi connectivity index (χ2n) is 14.6. The SMILES string of the molecule is CCC(CC(C)(CC(C)c1ccc(OC(C)OC2CCCCC2)cc1)c1ccc(OCC(=O)OC(C)(C)C)cc1)c1ccc(O)cc1. The van der Waals surface area contributed by atoms with E-state index < -0.39 is 5.60 Å². The fourth-order valence-electron chi connectivity index (χ4n) is 6.93. The van der Waals surface area contributed by atoms with E-state index in [1.165, 1.54) is 36.0 Å². The van der Waals surface area contributed by atoms with E-state index in [0.717, 1.165) is 37.9 Å². The lowest BCUT2D eigenvalue weighted by atomic mass is 9.68. The van der Waals surface area contributed by atoms with Gasteiger partial charge in [0, 0.05) is 0 Å². The van der Waals surface area contributed by atoms with Gasteiger partial charge in [-0.1, -0.05) is 76.4 Å². The van der Waals surface area contributed by atoms with Crippen molar-refractivity contribution in [1.29, 1.82) is 0 Å². The molecule has 1 aliphatic rings. The van der Waals surface area contributed by atoms with E-state index in [-0.39, 0.29) is 35.9 Å². The highest BCUT2D eigenvalue weighted by Gasteiger charge is 2.33. The molecule has 1 N–H and O–H groups in total. The Morgan fingerprint density at radius 3 is 2.00 bits per heavy atom. The molecular weight excluding hydrogens is 588 g/mol. The third-order valence-electron chi connectivity index (χ3n) is 9.33. The zero-order valence-corrected chi connectivity index (χ0v) is 29.6. The van der Waals surface area contributed by atoms with Crippen LogP contribution in [0.5, 0.6) is 17.2 Å². The standard InChI is InChI=1S/C41H56O6/c1-8-31(33-14-20-35(42)21-15-33)27-41(7,34-18-24-36(25-19-34)44-28-39(43)47-40(4,5)6)26-29(2)32-16-22-38(23-17-32)46-30(3)45-37-12-10-9-11-13-37/h14-25,29-31,37,42H,8-13,26-28H2,1-7H3. The number of rotatable bonds is 15. The van der Waals surface area contributed by atoms with Crippen molar-refractivity contribution in [2.75, 3.05) is 6.61 Å². The summed E-state index contributed by atoms with van der Waals surface area (Å²) in [5, 5.41) is 9.91. The fourth-order valence-corrected chi connectivity index (χ4v) is 6.93. The first-order valence-corrected chi connectivity index (χ1v) is 17.5. The Labute approximate surface area is 282 Å². The lowest BCUT2D eigenvalue weighted by Gasteiger charge is -2.36. The minimum atomic E-state index is -0.551. The van der Waals surface area contributed by atoms with Crippen LogP contribution in [0.4, 0.5) is 0 Å². The molecular formula is C41H56O6. The van der Waals surface area contributed by atoms with Crippen molar-refractivity contribution >= 4 is 5.97 Å². The summed E-state index contributed by atoms with van der Waals surface area (Å²) in [6.07, 6.45) is 8.91. The highest BCUT2D eigenvalue weighted by Crippen LogP contribution is 2.44. The first-order chi connectivity index (χ1) is 22.3. The van der Waals surface area contributed by atoms with Crippen molar-refractivity contribution in [1.82, 2.24) is 0 Å². The number of hydrogen-bond acceptors (Lipinski definition) is 6. The summed E-state index contributed by atoms with van der Waals surface area (Å²) < 4.78 is 23.5. The predicted molar refractivity (Wildman–Crippen MR) is 188 cm³/mol. The molecule has 4 unspecified atom stereocenters. The number of ether oxygens (including phenoxy) is 4. The van der Waals surface area contributed by atoms with Crippen molar-refractivity contribution in [3.63, 3.8) is 0 Å².